The van der Waals surface area contributed by atoms with E-state index in [1.165, 1.54) is 9.80 Å². The van der Waals surface area contributed by atoms with E-state index >= 15 is 0 Å². The highest BCUT2D eigenvalue weighted by Gasteiger charge is 2.73. The van der Waals surface area contributed by atoms with E-state index in [0.29, 0.717) is 24.3 Å². The van der Waals surface area contributed by atoms with Gasteiger partial charge < -0.3 is 19.6 Å². The number of aliphatic hydroxyl groups is 1. The van der Waals surface area contributed by atoms with Crippen LogP contribution in [0, 0.1) is 17.5 Å². The average Bonchev–Trinajstić information content (AvgIpc) is 3.49. The first-order valence-corrected chi connectivity index (χ1v) is 16.7. The van der Waals surface area contributed by atoms with Crippen LogP contribution in [0.1, 0.15) is 42.9 Å². The summed E-state index contributed by atoms with van der Waals surface area (Å²) in [4.78, 5) is 15.7. The second-order valence-corrected chi connectivity index (χ2v) is 14.9. The Labute approximate surface area is 281 Å². The third kappa shape index (κ3) is 6.54. The summed E-state index contributed by atoms with van der Waals surface area (Å²) >= 11 is 0. The standard InChI is InChI=1S/C33H31F9N2O5S/c1-29(46)13-16-43(17-14-29)28(45)44-18-15-30(20-44,50(47,48)24-11-9-23(34)10-12-24)21-5-7-22(8-6-21)31(32(37,38)39,33(40,41)42)49-19-25-26(35)3-2-4-27(25)36/h2-12,46H,13-20H2,1H3. The first-order chi connectivity index (χ1) is 23.2. The first-order valence-electron chi connectivity index (χ1n) is 15.2. The number of carbonyl (C=O) groups excluding carboxylic acids is 1. The van der Waals surface area contributed by atoms with Crippen LogP contribution in [0.15, 0.2) is 71.6 Å². The summed E-state index contributed by atoms with van der Waals surface area (Å²) in [5, 5.41) is 10.3. The molecule has 2 amide bonds. The molecule has 0 saturated carbocycles. The fourth-order valence-electron chi connectivity index (χ4n) is 6.37. The Morgan fingerprint density at radius 1 is 0.800 bits per heavy atom. The third-order valence-electron chi connectivity index (χ3n) is 9.36. The highest BCUT2D eigenvalue weighted by atomic mass is 32.2. The monoisotopic (exact) mass is 738 g/mol. The van der Waals surface area contributed by atoms with Crippen LogP contribution >= 0.6 is 0 Å². The molecule has 50 heavy (non-hydrogen) atoms. The smallest absolute Gasteiger partial charge is 0.390 e. The number of rotatable bonds is 7. The van der Waals surface area contributed by atoms with Gasteiger partial charge in [0.05, 0.1) is 17.1 Å². The van der Waals surface area contributed by atoms with Gasteiger partial charge in [0.2, 0.25) is 0 Å². The summed E-state index contributed by atoms with van der Waals surface area (Å²) in [5.41, 5.74) is -9.14. The number of nitrogens with zero attached hydrogens (tertiary/aromatic N) is 2. The zero-order chi connectivity index (χ0) is 36.9. The van der Waals surface area contributed by atoms with Crippen LogP contribution in [0.4, 0.5) is 44.3 Å². The maximum atomic E-state index is 14.5. The summed E-state index contributed by atoms with van der Waals surface area (Å²) in [6.07, 6.45) is -12.3. The van der Waals surface area contributed by atoms with Gasteiger partial charge in [-0.1, -0.05) is 30.3 Å². The Bertz CT molecular complexity index is 1790. The minimum atomic E-state index is -6.23. The molecule has 0 spiro atoms. The molecule has 7 nitrogen and oxygen atoms in total. The Morgan fingerprint density at radius 2 is 1.32 bits per heavy atom. The highest BCUT2D eigenvalue weighted by molar-refractivity contribution is 7.92. The molecule has 0 radical (unpaired) electrons. The molecule has 2 heterocycles. The Hall–Kier alpha value is -3.83. The summed E-state index contributed by atoms with van der Waals surface area (Å²) in [6.45, 7) is -0.634. The lowest BCUT2D eigenvalue weighted by atomic mass is 9.88. The van der Waals surface area contributed by atoms with Crippen molar-refractivity contribution >= 4 is 15.9 Å². The van der Waals surface area contributed by atoms with Gasteiger partial charge >= 0.3 is 18.4 Å². The molecule has 0 bridgehead atoms. The van der Waals surface area contributed by atoms with Crippen molar-refractivity contribution in [3.63, 3.8) is 0 Å². The summed E-state index contributed by atoms with van der Waals surface area (Å²) in [5.74, 6) is -3.67. The zero-order valence-corrected chi connectivity index (χ0v) is 27.1. The molecule has 0 aromatic heterocycles. The first kappa shape index (κ1) is 37.4. The summed E-state index contributed by atoms with van der Waals surface area (Å²) in [7, 11) is -4.62. The Balaban J connectivity index is 1.58. The molecule has 2 saturated heterocycles. The lowest BCUT2D eigenvalue weighted by Gasteiger charge is -2.38. The molecule has 17 heteroatoms. The molecule has 3 aromatic carbocycles. The normalized spacial score (nSPS) is 20.3. The number of benzene rings is 3. The van der Waals surface area contributed by atoms with E-state index in [4.69, 9.17) is 0 Å². The minimum Gasteiger partial charge on any atom is -0.390 e. The predicted molar refractivity (Wildman–Crippen MR) is 160 cm³/mol. The van der Waals surface area contributed by atoms with Gasteiger partial charge in [-0.25, -0.2) is 26.4 Å². The second kappa shape index (κ2) is 13.1. The van der Waals surface area contributed by atoms with Crippen LogP contribution in [-0.2, 0) is 31.5 Å². The fraction of sp³-hybridized carbons (Fsp3) is 0.424. The molecule has 1 unspecified atom stereocenters. The summed E-state index contributed by atoms with van der Waals surface area (Å²) < 4.78 is 160. The van der Waals surface area contributed by atoms with E-state index in [9.17, 15) is 57.8 Å². The van der Waals surface area contributed by atoms with Crippen LogP contribution in [0.2, 0.25) is 0 Å². The van der Waals surface area contributed by atoms with Crippen molar-refractivity contribution in [2.24, 2.45) is 0 Å². The number of sulfone groups is 1. The van der Waals surface area contributed by atoms with Gasteiger partial charge in [0.1, 0.15) is 22.2 Å². The largest absolute Gasteiger partial charge is 0.430 e. The second-order valence-electron chi connectivity index (χ2n) is 12.6. The Morgan fingerprint density at radius 3 is 1.84 bits per heavy atom. The SMILES string of the molecule is CC1(O)CCN(C(=O)N2CCC(c3ccc(C(OCc4c(F)cccc4F)(C(F)(F)F)C(F)(F)F)cc3)(S(=O)(=O)c3ccc(F)cc3)C2)CC1. The minimum absolute atomic E-state index is 0.141. The van der Waals surface area contributed by atoms with Crippen LogP contribution in [0.5, 0.6) is 0 Å². The summed E-state index contributed by atoms with van der Waals surface area (Å²) in [6, 6.07) is 7.36. The number of hydrogen-bond acceptors (Lipinski definition) is 5. The van der Waals surface area contributed by atoms with E-state index in [0.717, 1.165) is 42.5 Å². The average molecular weight is 739 g/mol. The zero-order valence-electron chi connectivity index (χ0n) is 26.3. The van der Waals surface area contributed by atoms with Crippen molar-refractivity contribution in [2.75, 3.05) is 26.2 Å². The van der Waals surface area contributed by atoms with E-state index in [1.807, 2.05) is 0 Å². The van der Waals surface area contributed by atoms with Crippen LogP contribution in [0.3, 0.4) is 0 Å². The number of ether oxygens (including phenoxy) is 1. The fourth-order valence-corrected chi connectivity index (χ4v) is 8.45. The molecule has 3 aromatic rings. The van der Waals surface area contributed by atoms with Gasteiger partial charge in [-0.3, -0.25) is 0 Å². The van der Waals surface area contributed by atoms with Crippen LogP contribution in [-0.4, -0.2) is 73.5 Å². The van der Waals surface area contributed by atoms with E-state index in [1.54, 1.807) is 6.92 Å². The molecule has 0 aliphatic carbocycles. The van der Waals surface area contributed by atoms with Gasteiger partial charge in [0.25, 0.3) is 5.60 Å². The van der Waals surface area contributed by atoms with E-state index < -0.39 is 90.8 Å². The van der Waals surface area contributed by atoms with E-state index in [-0.39, 0.29) is 44.5 Å². The predicted octanol–water partition coefficient (Wildman–Crippen LogP) is 6.98. The molecule has 2 fully saturated rings. The van der Waals surface area contributed by atoms with Crippen molar-refractivity contribution in [3.05, 3.63) is 101 Å². The number of halogens is 9. The molecule has 5 rings (SSSR count). The number of likely N-dealkylation sites (tertiary alicyclic amines) is 2. The lowest BCUT2D eigenvalue weighted by Crippen LogP contribution is -2.56. The van der Waals surface area contributed by atoms with Crippen molar-refractivity contribution in [1.29, 1.82) is 0 Å². The van der Waals surface area contributed by atoms with Crippen molar-refractivity contribution in [3.8, 4) is 0 Å². The number of alkyl halides is 6. The number of piperidine rings is 1. The highest BCUT2D eigenvalue weighted by Crippen LogP contribution is 2.54. The van der Waals surface area contributed by atoms with Crippen LogP contribution < -0.4 is 0 Å². The quantitative estimate of drug-likeness (QED) is 0.209. The van der Waals surface area contributed by atoms with Gasteiger partial charge in [0.15, 0.2) is 9.84 Å². The molecule has 1 atom stereocenters. The number of carbonyl (C=O) groups is 1. The van der Waals surface area contributed by atoms with Gasteiger partial charge in [0, 0.05) is 37.3 Å². The van der Waals surface area contributed by atoms with Crippen molar-refractivity contribution in [2.45, 2.75) is 66.0 Å². The van der Waals surface area contributed by atoms with Gasteiger partial charge in [-0.15, -0.1) is 0 Å². The van der Waals surface area contributed by atoms with Gasteiger partial charge in [-0.05, 0) is 68.1 Å². The third-order valence-corrected chi connectivity index (χ3v) is 11.9. The molecular formula is C33H31F9N2O5S. The van der Waals surface area contributed by atoms with Crippen LogP contribution in [0.25, 0.3) is 0 Å². The molecule has 2 aliphatic heterocycles. The van der Waals surface area contributed by atoms with E-state index in [2.05, 4.69) is 4.74 Å². The molecule has 2 aliphatic rings. The lowest BCUT2D eigenvalue weighted by molar-refractivity contribution is -0.392. The number of amides is 2. The topological polar surface area (TPSA) is 87.2 Å². The number of hydrogen-bond donors (Lipinski definition) is 1. The van der Waals surface area contributed by atoms with Crippen molar-refractivity contribution < 1.29 is 62.6 Å². The molecular weight excluding hydrogens is 707 g/mol. The maximum Gasteiger partial charge on any atom is 0.430 e. The van der Waals surface area contributed by atoms with Crippen molar-refractivity contribution in [1.82, 2.24) is 9.80 Å². The number of urea groups is 1. The maximum absolute atomic E-state index is 14.5. The van der Waals surface area contributed by atoms with Gasteiger partial charge in [-0.2, -0.15) is 26.3 Å². The molecule has 272 valence electrons. The Kier molecular flexibility index (Phi) is 9.77. The molecule has 1 N–H and O–H groups in total.